The third kappa shape index (κ3) is 6.08. The monoisotopic (exact) mass is 474 g/mol. The molecule has 1 aromatic carbocycles. The van der Waals surface area contributed by atoms with Crippen LogP contribution in [0.4, 0.5) is 0 Å². The van der Waals surface area contributed by atoms with Crippen LogP contribution >= 0.6 is 23.2 Å². The highest BCUT2D eigenvalue weighted by molar-refractivity contribution is 6.35. The van der Waals surface area contributed by atoms with Crippen molar-refractivity contribution in [2.45, 2.75) is 25.4 Å². The predicted octanol–water partition coefficient (Wildman–Crippen LogP) is 2.86. The Labute approximate surface area is 197 Å². The van der Waals surface area contributed by atoms with E-state index in [-0.39, 0.29) is 43.8 Å². The number of piperazine rings is 1. The molecule has 1 aromatic heterocycles. The molecule has 2 heterocycles. The summed E-state index contributed by atoms with van der Waals surface area (Å²) in [6, 6.07) is 7.84. The molecule has 1 fully saturated rings. The molecule has 2 aromatic rings. The summed E-state index contributed by atoms with van der Waals surface area (Å²) in [7, 11) is 0. The van der Waals surface area contributed by atoms with Gasteiger partial charge < -0.3 is 15.1 Å². The van der Waals surface area contributed by atoms with Crippen LogP contribution in [0.25, 0.3) is 0 Å². The Morgan fingerprint density at radius 2 is 1.97 bits per heavy atom. The standard InChI is InChI=1S/C23H24Cl2N4O3/c1-2-8-27-21(30)13-20-23(32)28(11-7-17-3-4-18(24)12-19(17)25)15-22(31)29(20)14-16-5-9-26-10-6-16/h2-6,9-10,12,20H,1,7-8,11,13-15H2,(H,27,30). The van der Waals surface area contributed by atoms with Gasteiger partial charge in [0.1, 0.15) is 6.04 Å². The van der Waals surface area contributed by atoms with Crippen molar-refractivity contribution >= 4 is 40.9 Å². The number of nitrogens with zero attached hydrogens (tertiary/aromatic N) is 3. The molecule has 1 aliphatic rings. The van der Waals surface area contributed by atoms with Gasteiger partial charge in [-0.2, -0.15) is 0 Å². The van der Waals surface area contributed by atoms with Gasteiger partial charge in [-0.05, 0) is 41.8 Å². The third-order valence-corrected chi connectivity index (χ3v) is 5.80. The highest BCUT2D eigenvalue weighted by Crippen LogP contribution is 2.23. The molecule has 1 N–H and O–H groups in total. The number of rotatable bonds is 9. The molecule has 7 nitrogen and oxygen atoms in total. The van der Waals surface area contributed by atoms with Crippen molar-refractivity contribution in [2.24, 2.45) is 0 Å². The lowest BCUT2D eigenvalue weighted by Crippen LogP contribution is -2.60. The van der Waals surface area contributed by atoms with Gasteiger partial charge in [0.15, 0.2) is 0 Å². The highest BCUT2D eigenvalue weighted by Gasteiger charge is 2.40. The zero-order valence-electron chi connectivity index (χ0n) is 17.5. The minimum atomic E-state index is -0.894. The zero-order chi connectivity index (χ0) is 23.1. The zero-order valence-corrected chi connectivity index (χ0v) is 19.0. The number of aromatic nitrogens is 1. The van der Waals surface area contributed by atoms with Gasteiger partial charge >= 0.3 is 0 Å². The second-order valence-electron chi connectivity index (χ2n) is 7.44. The fourth-order valence-corrected chi connectivity index (χ4v) is 4.04. The van der Waals surface area contributed by atoms with Crippen molar-refractivity contribution in [3.05, 3.63) is 76.6 Å². The maximum absolute atomic E-state index is 13.3. The van der Waals surface area contributed by atoms with E-state index in [0.29, 0.717) is 23.0 Å². The fraction of sp³-hybridized carbons (Fsp3) is 0.304. The molecular weight excluding hydrogens is 451 g/mol. The van der Waals surface area contributed by atoms with Crippen LogP contribution in [0.1, 0.15) is 17.5 Å². The lowest BCUT2D eigenvalue weighted by Gasteiger charge is -2.40. The average molecular weight is 475 g/mol. The van der Waals surface area contributed by atoms with Gasteiger partial charge in [-0.3, -0.25) is 19.4 Å². The van der Waals surface area contributed by atoms with Crippen molar-refractivity contribution < 1.29 is 14.4 Å². The number of carbonyl (C=O) groups excluding carboxylic acids is 3. The molecular formula is C23H24Cl2N4O3. The molecule has 1 unspecified atom stereocenters. The van der Waals surface area contributed by atoms with Crippen molar-refractivity contribution in [3.63, 3.8) is 0 Å². The second kappa shape index (κ2) is 11.1. The van der Waals surface area contributed by atoms with Gasteiger partial charge in [0.2, 0.25) is 17.7 Å². The summed E-state index contributed by atoms with van der Waals surface area (Å²) in [5.41, 5.74) is 1.66. The van der Waals surface area contributed by atoms with E-state index in [2.05, 4.69) is 16.9 Å². The average Bonchev–Trinajstić information content (AvgIpc) is 2.77. The summed E-state index contributed by atoms with van der Waals surface area (Å²) in [5.74, 6) is -0.805. The summed E-state index contributed by atoms with van der Waals surface area (Å²) in [6.07, 6.45) is 5.15. The lowest BCUT2D eigenvalue weighted by atomic mass is 10.0. The molecule has 9 heteroatoms. The lowest BCUT2D eigenvalue weighted by molar-refractivity contribution is -0.157. The number of carbonyl (C=O) groups is 3. The molecule has 3 rings (SSSR count). The summed E-state index contributed by atoms with van der Waals surface area (Å²) in [6.45, 7) is 4.34. The van der Waals surface area contributed by atoms with Gasteiger partial charge in [-0.15, -0.1) is 6.58 Å². The van der Waals surface area contributed by atoms with Crippen LogP contribution in [0.5, 0.6) is 0 Å². The molecule has 0 radical (unpaired) electrons. The molecule has 168 valence electrons. The number of benzene rings is 1. The number of hydrogen-bond acceptors (Lipinski definition) is 4. The highest BCUT2D eigenvalue weighted by atomic mass is 35.5. The minimum absolute atomic E-state index is 0.0557. The van der Waals surface area contributed by atoms with Crippen LogP contribution in [0.3, 0.4) is 0 Å². The molecule has 0 aliphatic carbocycles. The Hall–Kier alpha value is -2.90. The molecule has 1 saturated heterocycles. The van der Waals surface area contributed by atoms with Gasteiger partial charge in [-0.25, -0.2) is 0 Å². The summed E-state index contributed by atoms with van der Waals surface area (Å²) < 4.78 is 0. The van der Waals surface area contributed by atoms with Crippen molar-refractivity contribution in [3.8, 4) is 0 Å². The van der Waals surface area contributed by atoms with E-state index in [9.17, 15) is 14.4 Å². The normalized spacial score (nSPS) is 16.2. The first-order valence-electron chi connectivity index (χ1n) is 10.2. The van der Waals surface area contributed by atoms with Crippen LogP contribution in [-0.2, 0) is 27.3 Å². The Kier molecular flexibility index (Phi) is 8.25. The SMILES string of the molecule is C=CCNC(=O)CC1C(=O)N(CCc2ccc(Cl)cc2Cl)CC(=O)N1Cc1ccncc1. The van der Waals surface area contributed by atoms with Crippen LogP contribution in [0.2, 0.25) is 10.0 Å². The van der Waals surface area contributed by atoms with E-state index in [1.165, 1.54) is 9.80 Å². The van der Waals surface area contributed by atoms with Gasteiger partial charge in [-0.1, -0.05) is 35.3 Å². The number of halogens is 2. The number of pyridine rings is 1. The van der Waals surface area contributed by atoms with Gasteiger partial charge in [0.05, 0.1) is 13.0 Å². The first kappa shape index (κ1) is 23.8. The maximum Gasteiger partial charge on any atom is 0.246 e. The number of hydrogen-bond donors (Lipinski definition) is 1. The molecule has 1 atom stereocenters. The van der Waals surface area contributed by atoms with Crippen molar-refractivity contribution in [1.29, 1.82) is 0 Å². The molecule has 0 spiro atoms. The van der Waals surface area contributed by atoms with Gasteiger partial charge in [0.25, 0.3) is 0 Å². The molecule has 3 amide bonds. The first-order chi connectivity index (χ1) is 15.4. The third-order valence-electron chi connectivity index (χ3n) is 5.21. The maximum atomic E-state index is 13.3. The molecule has 32 heavy (non-hydrogen) atoms. The Bertz CT molecular complexity index is 1000. The summed E-state index contributed by atoms with van der Waals surface area (Å²) in [4.78, 5) is 45.6. The molecule has 0 saturated carbocycles. The van der Waals surface area contributed by atoms with Crippen LogP contribution in [0, 0.1) is 0 Å². The smallest absolute Gasteiger partial charge is 0.246 e. The topological polar surface area (TPSA) is 82.6 Å². The first-order valence-corrected chi connectivity index (χ1v) is 10.9. The predicted molar refractivity (Wildman–Crippen MR) is 123 cm³/mol. The van der Waals surface area contributed by atoms with E-state index < -0.39 is 6.04 Å². The fourth-order valence-electron chi connectivity index (χ4n) is 3.53. The van der Waals surface area contributed by atoms with Crippen LogP contribution in [-0.4, -0.2) is 58.2 Å². The van der Waals surface area contributed by atoms with E-state index in [1.54, 1.807) is 48.8 Å². The quantitative estimate of drug-likeness (QED) is 0.566. The van der Waals surface area contributed by atoms with E-state index >= 15 is 0 Å². The van der Waals surface area contributed by atoms with Crippen LogP contribution in [0.15, 0.2) is 55.4 Å². The van der Waals surface area contributed by atoms with Crippen molar-refractivity contribution in [2.75, 3.05) is 19.6 Å². The van der Waals surface area contributed by atoms with Crippen LogP contribution < -0.4 is 5.32 Å². The largest absolute Gasteiger partial charge is 0.353 e. The van der Waals surface area contributed by atoms with E-state index in [1.807, 2.05) is 0 Å². The molecule has 1 aliphatic heterocycles. The summed E-state index contributed by atoms with van der Waals surface area (Å²) in [5, 5.41) is 3.71. The minimum Gasteiger partial charge on any atom is -0.353 e. The second-order valence-corrected chi connectivity index (χ2v) is 8.28. The van der Waals surface area contributed by atoms with E-state index in [4.69, 9.17) is 23.2 Å². The number of amides is 3. The Balaban J connectivity index is 1.77. The van der Waals surface area contributed by atoms with Crippen molar-refractivity contribution in [1.82, 2.24) is 20.1 Å². The molecule has 0 bridgehead atoms. The summed E-state index contributed by atoms with van der Waals surface area (Å²) >= 11 is 12.2. The Morgan fingerprint density at radius 1 is 1.22 bits per heavy atom. The van der Waals surface area contributed by atoms with Gasteiger partial charge in [0, 0.05) is 42.1 Å². The Morgan fingerprint density at radius 3 is 2.66 bits per heavy atom. The van der Waals surface area contributed by atoms with E-state index in [0.717, 1.165) is 11.1 Å². The number of nitrogens with one attached hydrogen (secondary N) is 1.